The van der Waals surface area contributed by atoms with Crippen LogP contribution in [0.1, 0.15) is 26.2 Å². The molecule has 0 bridgehead atoms. The van der Waals surface area contributed by atoms with E-state index in [2.05, 4.69) is 10.6 Å². The molecule has 174 valence electrons. The van der Waals surface area contributed by atoms with Gasteiger partial charge in [-0.1, -0.05) is 18.2 Å². The number of carbonyl (C=O) groups is 2. The summed E-state index contributed by atoms with van der Waals surface area (Å²) in [6.45, 7) is 1.96. The van der Waals surface area contributed by atoms with Crippen molar-refractivity contribution < 1.29 is 26.6 Å². The molecule has 7 nitrogen and oxygen atoms in total. The molecule has 2 amide bonds. The Kier molecular flexibility index (Phi) is 6.76. The summed E-state index contributed by atoms with van der Waals surface area (Å²) in [4.78, 5) is 25.4. The third kappa shape index (κ3) is 5.75. The molecule has 3 aliphatic rings. The average Bonchev–Trinajstić information content (AvgIpc) is 2.79. The van der Waals surface area contributed by atoms with E-state index in [-0.39, 0.29) is 41.0 Å². The van der Waals surface area contributed by atoms with Gasteiger partial charge in [0.15, 0.2) is 0 Å². The third-order valence-corrected chi connectivity index (χ3v) is 7.69. The van der Waals surface area contributed by atoms with Crippen molar-refractivity contribution in [3.63, 3.8) is 0 Å². The van der Waals surface area contributed by atoms with Crippen molar-refractivity contribution in [3.05, 3.63) is 69.5 Å². The highest BCUT2D eigenvalue weighted by Gasteiger charge is 2.32. The summed E-state index contributed by atoms with van der Waals surface area (Å²) in [6, 6.07) is 6.58. The number of carbonyl (C=O) groups excluding carboxylic acids is 2. The van der Waals surface area contributed by atoms with Crippen LogP contribution >= 0.6 is 11.8 Å². The zero-order valence-electron chi connectivity index (χ0n) is 17.8. The van der Waals surface area contributed by atoms with Crippen LogP contribution in [0, 0.1) is 0 Å². The SMILES string of the molecule is CC1SC2=CC=C(C(=O)Nc3ccc(OCC4=CCCC(S(=O)(=O)F)=C4)cc3)CC2NC1=O. The van der Waals surface area contributed by atoms with Gasteiger partial charge < -0.3 is 15.4 Å². The monoisotopic (exact) mass is 490 g/mol. The van der Waals surface area contributed by atoms with Gasteiger partial charge in [-0.15, -0.1) is 15.6 Å². The smallest absolute Gasteiger partial charge is 0.328 e. The van der Waals surface area contributed by atoms with Gasteiger partial charge in [0.1, 0.15) is 12.4 Å². The Morgan fingerprint density at radius 1 is 1.27 bits per heavy atom. The number of rotatable bonds is 6. The van der Waals surface area contributed by atoms with Gasteiger partial charge in [-0.25, -0.2) is 0 Å². The maximum absolute atomic E-state index is 13.2. The maximum atomic E-state index is 13.2. The number of benzene rings is 1. The predicted molar refractivity (Wildman–Crippen MR) is 126 cm³/mol. The Morgan fingerprint density at radius 3 is 2.76 bits per heavy atom. The summed E-state index contributed by atoms with van der Waals surface area (Å²) in [5, 5.41) is 5.65. The number of fused-ring (bicyclic) bond motifs is 1. The minimum absolute atomic E-state index is 0.0265. The van der Waals surface area contributed by atoms with E-state index < -0.39 is 10.2 Å². The second-order valence-corrected chi connectivity index (χ2v) is 10.7. The van der Waals surface area contributed by atoms with E-state index in [0.717, 1.165) is 4.91 Å². The molecule has 2 N–H and O–H groups in total. The lowest BCUT2D eigenvalue weighted by atomic mass is 9.99. The van der Waals surface area contributed by atoms with Gasteiger partial charge in [0, 0.05) is 22.6 Å². The van der Waals surface area contributed by atoms with E-state index in [9.17, 15) is 21.9 Å². The summed E-state index contributed by atoms with van der Waals surface area (Å²) in [6.07, 6.45) is 7.81. The highest BCUT2D eigenvalue weighted by Crippen LogP contribution is 2.35. The molecule has 1 heterocycles. The van der Waals surface area contributed by atoms with Crippen LogP contribution in [0.15, 0.2) is 69.5 Å². The summed E-state index contributed by atoms with van der Waals surface area (Å²) in [5.41, 5.74) is 1.75. The summed E-state index contributed by atoms with van der Waals surface area (Å²) in [7, 11) is -4.69. The first-order valence-corrected chi connectivity index (χ1v) is 12.7. The van der Waals surface area contributed by atoms with Crippen molar-refractivity contribution in [2.45, 2.75) is 37.5 Å². The average molecular weight is 491 g/mol. The van der Waals surface area contributed by atoms with Gasteiger partial charge in [-0.3, -0.25) is 9.59 Å². The molecule has 1 aliphatic heterocycles. The molecule has 4 rings (SSSR count). The molecule has 33 heavy (non-hydrogen) atoms. The van der Waals surface area contributed by atoms with Crippen molar-refractivity contribution in [3.8, 4) is 5.75 Å². The number of halogens is 1. The van der Waals surface area contributed by atoms with Crippen LogP contribution in [0.3, 0.4) is 0 Å². The van der Waals surface area contributed by atoms with Gasteiger partial charge in [0.2, 0.25) is 5.91 Å². The number of nitrogens with one attached hydrogen (secondary N) is 2. The van der Waals surface area contributed by atoms with E-state index in [1.807, 2.05) is 19.1 Å². The lowest BCUT2D eigenvalue weighted by Crippen LogP contribution is -2.45. The second kappa shape index (κ2) is 9.56. The number of hydrogen-bond acceptors (Lipinski definition) is 6. The van der Waals surface area contributed by atoms with Gasteiger partial charge in [0.05, 0.1) is 16.2 Å². The summed E-state index contributed by atoms with van der Waals surface area (Å²) >= 11 is 1.52. The number of ether oxygens (including phenoxy) is 1. The molecule has 1 fully saturated rings. The van der Waals surface area contributed by atoms with Crippen molar-refractivity contribution in [2.24, 2.45) is 0 Å². The number of allylic oxidation sites excluding steroid dienone is 4. The molecule has 1 saturated heterocycles. The van der Waals surface area contributed by atoms with E-state index >= 15 is 0 Å². The standard InChI is InChI=1S/C23H23FN2O5S2/c1-14-22(27)26-20-12-16(5-10-21(20)32-14)23(28)25-17-6-8-18(9-7-17)31-13-15-3-2-4-19(11-15)33(24,29)30/h3,5-11,14,20H,2,4,12-13H2,1H3,(H,25,28)(H,26,27). The molecule has 0 spiro atoms. The number of anilines is 1. The molecular formula is C23H23FN2O5S2. The first kappa shape index (κ1) is 23.3. The predicted octanol–water partition coefficient (Wildman–Crippen LogP) is 3.74. The zero-order chi connectivity index (χ0) is 23.6. The van der Waals surface area contributed by atoms with Gasteiger partial charge in [-0.2, -0.15) is 8.42 Å². The largest absolute Gasteiger partial charge is 0.489 e. The van der Waals surface area contributed by atoms with Crippen LogP contribution in [-0.2, 0) is 19.8 Å². The Bertz CT molecular complexity index is 1200. The van der Waals surface area contributed by atoms with Crippen molar-refractivity contribution >= 4 is 39.5 Å². The first-order chi connectivity index (χ1) is 15.7. The quantitative estimate of drug-likeness (QED) is 0.589. The molecule has 1 aromatic carbocycles. The van der Waals surface area contributed by atoms with E-state index in [1.165, 1.54) is 17.8 Å². The van der Waals surface area contributed by atoms with Crippen LogP contribution in [0.5, 0.6) is 5.75 Å². The van der Waals surface area contributed by atoms with E-state index in [1.54, 1.807) is 30.3 Å². The van der Waals surface area contributed by atoms with Crippen molar-refractivity contribution in [1.82, 2.24) is 5.32 Å². The second-order valence-electron chi connectivity index (χ2n) is 7.92. The lowest BCUT2D eigenvalue weighted by molar-refractivity contribution is -0.121. The van der Waals surface area contributed by atoms with Gasteiger partial charge in [0.25, 0.3) is 5.91 Å². The minimum Gasteiger partial charge on any atom is -0.489 e. The molecule has 2 atom stereocenters. The molecular weight excluding hydrogens is 467 g/mol. The fraction of sp³-hybridized carbons (Fsp3) is 0.304. The molecule has 1 aromatic rings. The zero-order valence-corrected chi connectivity index (χ0v) is 19.5. The molecule has 2 unspecified atom stereocenters. The molecule has 2 aliphatic carbocycles. The lowest BCUT2D eigenvalue weighted by Gasteiger charge is -2.32. The van der Waals surface area contributed by atoms with Gasteiger partial charge in [-0.05, 0) is 55.7 Å². The molecule has 0 radical (unpaired) electrons. The van der Waals surface area contributed by atoms with Crippen LogP contribution in [0.25, 0.3) is 0 Å². The Labute approximate surface area is 196 Å². The van der Waals surface area contributed by atoms with Crippen LogP contribution in [0.2, 0.25) is 0 Å². The van der Waals surface area contributed by atoms with Crippen LogP contribution < -0.4 is 15.4 Å². The molecule has 0 aromatic heterocycles. The topological polar surface area (TPSA) is 102 Å². The van der Waals surface area contributed by atoms with Crippen LogP contribution in [0.4, 0.5) is 9.57 Å². The number of hydrogen-bond donors (Lipinski definition) is 2. The third-order valence-electron chi connectivity index (χ3n) is 5.48. The highest BCUT2D eigenvalue weighted by molar-refractivity contribution is 8.04. The summed E-state index contributed by atoms with van der Waals surface area (Å²) < 4.78 is 41.0. The Hall–Kier alpha value is -2.85. The Balaban J connectivity index is 1.33. The normalized spacial score (nSPS) is 22.7. The maximum Gasteiger partial charge on any atom is 0.328 e. The Morgan fingerprint density at radius 2 is 2.03 bits per heavy atom. The summed E-state index contributed by atoms with van der Waals surface area (Å²) in [5.74, 6) is 0.258. The number of thioether (sulfide) groups is 1. The van der Waals surface area contributed by atoms with E-state index in [0.29, 0.717) is 35.4 Å². The number of amides is 2. The van der Waals surface area contributed by atoms with Crippen LogP contribution in [-0.4, -0.2) is 38.1 Å². The van der Waals surface area contributed by atoms with Crippen molar-refractivity contribution in [1.29, 1.82) is 0 Å². The fourth-order valence-electron chi connectivity index (χ4n) is 3.69. The van der Waals surface area contributed by atoms with Gasteiger partial charge >= 0.3 is 10.2 Å². The van der Waals surface area contributed by atoms with Crippen molar-refractivity contribution in [2.75, 3.05) is 11.9 Å². The minimum atomic E-state index is -4.69. The van der Waals surface area contributed by atoms with E-state index in [4.69, 9.17) is 4.74 Å². The fourth-order valence-corrected chi connectivity index (χ4v) is 5.38. The highest BCUT2D eigenvalue weighted by atomic mass is 32.3. The molecule has 0 saturated carbocycles. The first-order valence-electron chi connectivity index (χ1n) is 10.5. The molecule has 10 heteroatoms.